The minimum Gasteiger partial charge on any atom is -0.387 e. The van der Waals surface area contributed by atoms with Gasteiger partial charge in [0, 0.05) is 29.7 Å². The number of hydrogen-bond acceptors (Lipinski definition) is 6. The lowest BCUT2D eigenvalue weighted by molar-refractivity contribution is -0.186. The van der Waals surface area contributed by atoms with E-state index in [1.54, 1.807) is 25.4 Å². The number of pyridine rings is 1. The van der Waals surface area contributed by atoms with Gasteiger partial charge in [-0.05, 0) is 36.8 Å². The predicted molar refractivity (Wildman–Crippen MR) is 94.8 cm³/mol. The number of aryl methyl sites for hydroxylation is 1. The van der Waals surface area contributed by atoms with Crippen LogP contribution in [0.5, 0.6) is 0 Å². The molecule has 126 valence electrons. The average Bonchev–Trinajstić information content (AvgIpc) is 2.85. The summed E-state index contributed by atoms with van der Waals surface area (Å²) in [4.78, 5) is 14.7. The fourth-order valence-corrected chi connectivity index (χ4v) is 3.17. The van der Waals surface area contributed by atoms with Crippen LogP contribution in [-0.4, -0.2) is 28.2 Å². The third-order valence-electron chi connectivity index (χ3n) is 4.03. The molecule has 0 fully saturated rings. The molecule has 0 saturated heterocycles. The number of hydroxylamine groups is 2. The monoisotopic (exact) mass is 390 g/mol. The van der Waals surface area contributed by atoms with Crippen LogP contribution in [0.15, 0.2) is 52.1 Å². The van der Waals surface area contributed by atoms with E-state index < -0.39 is 11.8 Å². The highest BCUT2D eigenvalue weighted by Crippen LogP contribution is 2.42. The number of hydrogen-bond donors (Lipinski definition) is 2. The summed E-state index contributed by atoms with van der Waals surface area (Å²) >= 11 is 3.49. The molecule has 7 heteroatoms. The molecule has 3 N–H and O–H groups in total. The number of aromatic nitrogens is 1. The van der Waals surface area contributed by atoms with E-state index in [-0.39, 0.29) is 12.4 Å². The van der Waals surface area contributed by atoms with E-state index in [9.17, 15) is 5.11 Å². The van der Waals surface area contributed by atoms with Crippen molar-refractivity contribution >= 4 is 21.9 Å². The van der Waals surface area contributed by atoms with Gasteiger partial charge in [0.2, 0.25) is 11.7 Å². The van der Waals surface area contributed by atoms with E-state index in [1.165, 1.54) is 5.06 Å². The summed E-state index contributed by atoms with van der Waals surface area (Å²) in [6, 6.07) is 11.3. The molecule has 2 unspecified atom stereocenters. The first-order valence-electron chi connectivity index (χ1n) is 7.55. The third-order valence-corrected chi connectivity index (χ3v) is 4.52. The summed E-state index contributed by atoms with van der Waals surface area (Å²) < 4.78 is 0.904. The van der Waals surface area contributed by atoms with Crippen LogP contribution < -0.4 is 5.73 Å². The number of aliphatic hydroxyl groups excluding tert-OH is 1. The van der Waals surface area contributed by atoms with Crippen LogP contribution in [0.1, 0.15) is 29.3 Å². The number of aliphatic imine (C=N–C) groups is 1. The lowest BCUT2D eigenvalue weighted by Crippen LogP contribution is -2.33. The Hall–Kier alpha value is -1.96. The van der Waals surface area contributed by atoms with Gasteiger partial charge < -0.3 is 10.8 Å². The number of nitrogens with two attached hydrogens (primary N) is 1. The van der Waals surface area contributed by atoms with Gasteiger partial charge in [-0.25, -0.2) is 14.9 Å². The highest BCUT2D eigenvalue weighted by atomic mass is 79.9. The quantitative estimate of drug-likeness (QED) is 0.837. The number of guanidine groups is 1. The van der Waals surface area contributed by atoms with Crippen molar-refractivity contribution in [3.8, 4) is 0 Å². The molecule has 6 nitrogen and oxygen atoms in total. The van der Waals surface area contributed by atoms with Crippen LogP contribution in [0.2, 0.25) is 0 Å². The van der Waals surface area contributed by atoms with Gasteiger partial charge in [0.05, 0.1) is 5.69 Å². The Morgan fingerprint density at radius 1 is 1.38 bits per heavy atom. The molecule has 3 rings (SSSR count). The summed E-state index contributed by atoms with van der Waals surface area (Å²) in [6.45, 7) is 1.98. The normalized spacial score (nSPS) is 21.7. The van der Waals surface area contributed by atoms with E-state index in [1.807, 2.05) is 31.2 Å². The number of aliphatic hydroxyl groups is 1. The highest BCUT2D eigenvalue weighted by molar-refractivity contribution is 9.10. The summed E-state index contributed by atoms with van der Waals surface area (Å²) in [5, 5.41) is 12.1. The molecule has 1 aliphatic heterocycles. The van der Waals surface area contributed by atoms with Gasteiger partial charge in [-0.1, -0.05) is 28.1 Å². The molecule has 0 spiro atoms. The largest absolute Gasteiger partial charge is 0.387 e. The van der Waals surface area contributed by atoms with E-state index in [4.69, 9.17) is 10.6 Å². The smallest absolute Gasteiger partial charge is 0.218 e. The van der Waals surface area contributed by atoms with E-state index in [0.29, 0.717) is 5.69 Å². The Bertz CT molecular complexity index is 768. The fraction of sp³-hybridized carbons (Fsp3) is 0.294. The zero-order valence-electron chi connectivity index (χ0n) is 13.5. The topological polar surface area (TPSA) is 84.0 Å². The average molecular weight is 391 g/mol. The molecule has 0 saturated carbocycles. The van der Waals surface area contributed by atoms with E-state index >= 15 is 0 Å². The second-order valence-electron chi connectivity index (χ2n) is 5.78. The maximum atomic E-state index is 10.7. The maximum Gasteiger partial charge on any atom is 0.218 e. The zero-order valence-corrected chi connectivity index (χ0v) is 15.1. The number of benzene rings is 1. The molecule has 2 atom stereocenters. The first-order valence-corrected chi connectivity index (χ1v) is 8.34. The molecule has 0 radical (unpaired) electrons. The van der Waals surface area contributed by atoms with Gasteiger partial charge in [0.15, 0.2) is 0 Å². The molecule has 24 heavy (non-hydrogen) atoms. The van der Waals surface area contributed by atoms with Crippen LogP contribution in [0, 0.1) is 6.92 Å². The number of halogens is 1. The van der Waals surface area contributed by atoms with Crippen LogP contribution in [-0.2, 0) is 10.6 Å². The standard InChI is InChI=1S/C17H19BrN4O2/c1-11-6-7-12(18)9-13(11)17(21-16(19)22(2)24-17)10-15(23)14-5-3-4-8-20-14/h3-9,15,23H,10H2,1-2H3,(H2,19,21). The Morgan fingerprint density at radius 2 is 2.17 bits per heavy atom. The lowest BCUT2D eigenvalue weighted by atomic mass is 9.92. The van der Waals surface area contributed by atoms with Gasteiger partial charge in [0.1, 0.15) is 6.10 Å². The minimum absolute atomic E-state index is 0.201. The van der Waals surface area contributed by atoms with Gasteiger partial charge in [-0.2, -0.15) is 0 Å². The van der Waals surface area contributed by atoms with Gasteiger partial charge in [-0.3, -0.25) is 4.98 Å². The van der Waals surface area contributed by atoms with Crippen LogP contribution in [0.4, 0.5) is 0 Å². The maximum absolute atomic E-state index is 10.7. The summed E-state index contributed by atoms with van der Waals surface area (Å²) in [5.41, 5.74) is 7.25. The van der Waals surface area contributed by atoms with Crippen molar-refractivity contribution in [2.45, 2.75) is 25.2 Å². The lowest BCUT2D eigenvalue weighted by Gasteiger charge is -2.30. The van der Waals surface area contributed by atoms with Crippen LogP contribution >= 0.6 is 15.9 Å². The van der Waals surface area contributed by atoms with Crippen molar-refractivity contribution in [1.29, 1.82) is 0 Å². The van der Waals surface area contributed by atoms with E-state index in [2.05, 4.69) is 25.9 Å². The molecule has 1 aromatic carbocycles. The Labute approximate surface area is 149 Å². The first-order chi connectivity index (χ1) is 11.4. The number of rotatable bonds is 4. The molecule has 0 amide bonds. The van der Waals surface area contributed by atoms with Crippen molar-refractivity contribution in [2.75, 3.05) is 7.05 Å². The fourth-order valence-electron chi connectivity index (χ4n) is 2.81. The van der Waals surface area contributed by atoms with Crippen molar-refractivity contribution in [1.82, 2.24) is 10.0 Å². The second kappa shape index (κ2) is 6.51. The molecule has 2 heterocycles. The van der Waals surface area contributed by atoms with Crippen LogP contribution in [0.25, 0.3) is 0 Å². The summed E-state index contributed by atoms with van der Waals surface area (Å²) in [6.07, 6.45) is 1.01. The summed E-state index contributed by atoms with van der Waals surface area (Å²) in [7, 11) is 1.70. The van der Waals surface area contributed by atoms with Crippen molar-refractivity contribution in [3.05, 3.63) is 63.9 Å². The highest BCUT2D eigenvalue weighted by Gasteiger charge is 2.44. The second-order valence-corrected chi connectivity index (χ2v) is 6.69. The zero-order chi connectivity index (χ0) is 17.3. The van der Waals surface area contributed by atoms with Gasteiger partial charge in [-0.15, -0.1) is 0 Å². The van der Waals surface area contributed by atoms with Crippen LogP contribution in [0.3, 0.4) is 0 Å². The molecular formula is C17H19BrN4O2. The molecule has 1 aromatic heterocycles. The first kappa shape index (κ1) is 16.9. The van der Waals surface area contributed by atoms with Gasteiger partial charge >= 0.3 is 0 Å². The van der Waals surface area contributed by atoms with Crippen molar-refractivity contribution in [2.24, 2.45) is 10.7 Å². The SMILES string of the molecule is Cc1ccc(Br)cc1C1(CC(O)c2ccccn2)N=C(N)N(C)O1. The molecule has 0 aliphatic carbocycles. The Morgan fingerprint density at radius 3 is 2.79 bits per heavy atom. The summed E-state index contributed by atoms with van der Waals surface area (Å²) in [5.74, 6) is 0.266. The Kier molecular flexibility index (Phi) is 4.58. The third kappa shape index (κ3) is 3.15. The molecule has 2 aromatic rings. The molecular weight excluding hydrogens is 372 g/mol. The van der Waals surface area contributed by atoms with Crippen molar-refractivity contribution in [3.63, 3.8) is 0 Å². The molecule has 1 aliphatic rings. The number of nitrogens with zero attached hydrogens (tertiary/aromatic N) is 3. The van der Waals surface area contributed by atoms with E-state index in [0.717, 1.165) is 15.6 Å². The predicted octanol–water partition coefficient (Wildman–Crippen LogP) is 2.62. The van der Waals surface area contributed by atoms with Gasteiger partial charge in [0.25, 0.3) is 0 Å². The minimum atomic E-state index is -1.09. The molecule has 0 bridgehead atoms. The van der Waals surface area contributed by atoms with Crippen molar-refractivity contribution < 1.29 is 9.94 Å². The Balaban J connectivity index is 2.03.